The van der Waals surface area contributed by atoms with Crippen molar-refractivity contribution in [3.8, 4) is 5.75 Å². The van der Waals surface area contributed by atoms with E-state index in [0.717, 1.165) is 17.7 Å². The van der Waals surface area contributed by atoms with E-state index in [1.54, 1.807) is 13.3 Å². The largest absolute Gasteiger partial charge is 0.487 e. The molecule has 0 radical (unpaired) electrons. The molecule has 3 nitrogen and oxygen atoms in total. The topological polar surface area (TPSA) is 31.4 Å². The number of pyridine rings is 1. The summed E-state index contributed by atoms with van der Waals surface area (Å²) in [7, 11) is 1.69. The zero-order valence-corrected chi connectivity index (χ0v) is 12.4. The van der Waals surface area contributed by atoms with Gasteiger partial charge in [-0.3, -0.25) is 4.98 Å². The highest BCUT2D eigenvalue weighted by molar-refractivity contribution is 6.30. The lowest BCUT2D eigenvalue weighted by Crippen LogP contribution is -2.26. The van der Waals surface area contributed by atoms with Gasteiger partial charge in [0, 0.05) is 30.1 Å². The summed E-state index contributed by atoms with van der Waals surface area (Å²) in [6.45, 7) is 2.07. The number of benzene rings is 1. The maximum Gasteiger partial charge on any atom is 0.129 e. The van der Waals surface area contributed by atoms with E-state index in [-0.39, 0.29) is 12.2 Å². The number of nitrogens with zero attached hydrogens (tertiary/aromatic N) is 1. The predicted molar refractivity (Wildman–Crippen MR) is 80.1 cm³/mol. The van der Waals surface area contributed by atoms with Gasteiger partial charge in [-0.05, 0) is 36.8 Å². The number of halogens is 1. The summed E-state index contributed by atoms with van der Waals surface area (Å²) in [6.07, 6.45) is 4.16. The van der Waals surface area contributed by atoms with Gasteiger partial charge >= 0.3 is 0 Å². The Kier molecular flexibility index (Phi) is 5.39. The van der Waals surface area contributed by atoms with Gasteiger partial charge in [-0.15, -0.1) is 0 Å². The van der Waals surface area contributed by atoms with Gasteiger partial charge in [-0.1, -0.05) is 24.6 Å². The molecule has 2 atom stereocenters. The Balaban J connectivity index is 2.15. The quantitative estimate of drug-likeness (QED) is 0.796. The van der Waals surface area contributed by atoms with Crippen LogP contribution in [0.1, 0.15) is 25.0 Å². The summed E-state index contributed by atoms with van der Waals surface area (Å²) in [5.74, 6) is 0.784. The maximum atomic E-state index is 6.01. The summed E-state index contributed by atoms with van der Waals surface area (Å²) in [5.41, 5.74) is 1.01. The SMILES string of the molecule is CCC(Oc1ccc(Cl)cc1)C(OC)c1cccnc1. The molecule has 0 spiro atoms. The first-order chi connectivity index (χ1) is 9.74. The fraction of sp³-hybridized carbons (Fsp3) is 0.312. The number of hydrogen-bond donors (Lipinski definition) is 0. The summed E-state index contributed by atoms with van der Waals surface area (Å²) >= 11 is 5.88. The van der Waals surface area contributed by atoms with Gasteiger partial charge in [0.05, 0.1) is 0 Å². The minimum atomic E-state index is -0.149. The first-order valence-electron chi connectivity index (χ1n) is 6.59. The van der Waals surface area contributed by atoms with Gasteiger partial charge in [0.15, 0.2) is 0 Å². The molecule has 0 aliphatic carbocycles. The van der Waals surface area contributed by atoms with Crippen LogP contribution in [-0.2, 0) is 4.74 Å². The zero-order valence-electron chi connectivity index (χ0n) is 11.6. The number of methoxy groups -OCH3 is 1. The van der Waals surface area contributed by atoms with Crippen molar-refractivity contribution in [2.45, 2.75) is 25.6 Å². The van der Waals surface area contributed by atoms with Gasteiger partial charge in [0.2, 0.25) is 0 Å². The molecule has 0 aliphatic rings. The molecule has 0 N–H and O–H groups in total. The fourth-order valence-electron chi connectivity index (χ4n) is 2.09. The molecule has 0 saturated carbocycles. The molecular formula is C16H18ClNO2. The molecule has 106 valence electrons. The molecule has 2 rings (SSSR count). The van der Waals surface area contributed by atoms with E-state index in [0.29, 0.717) is 5.02 Å². The molecule has 0 bridgehead atoms. The highest BCUT2D eigenvalue weighted by atomic mass is 35.5. The third-order valence-electron chi connectivity index (χ3n) is 3.11. The number of hydrogen-bond acceptors (Lipinski definition) is 3. The molecule has 1 aromatic heterocycles. The monoisotopic (exact) mass is 291 g/mol. The Morgan fingerprint density at radius 3 is 2.50 bits per heavy atom. The summed E-state index contributed by atoms with van der Waals surface area (Å²) in [6, 6.07) is 11.2. The molecule has 0 amide bonds. The second-order valence-electron chi connectivity index (χ2n) is 4.46. The van der Waals surface area contributed by atoms with Gasteiger partial charge in [0.25, 0.3) is 0 Å². The normalized spacial score (nSPS) is 13.8. The van der Waals surface area contributed by atoms with Gasteiger partial charge in [-0.2, -0.15) is 0 Å². The summed E-state index contributed by atoms with van der Waals surface area (Å²) in [4.78, 5) is 4.14. The van der Waals surface area contributed by atoms with Gasteiger partial charge in [0.1, 0.15) is 18.0 Å². The summed E-state index contributed by atoms with van der Waals surface area (Å²) in [5, 5.41) is 0.695. The molecule has 2 aromatic rings. The average molecular weight is 292 g/mol. The molecule has 1 heterocycles. The number of rotatable bonds is 6. The first-order valence-corrected chi connectivity index (χ1v) is 6.97. The van der Waals surface area contributed by atoms with Crippen LogP contribution >= 0.6 is 11.6 Å². The van der Waals surface area contributed by atoms with E-state index in [1.807, 2.05) is 42.6 Å². The number of aromatic nitrogens is 1. The second-order valence-corrected chi connectivity index (χ2v) is 4.90. The molecule has 1 aromatic carbocycles. The van der Waals surface area contributed by atoms with E-state index in [9.17, 15) is 0 Å². The third-order valence-corrected chi connectivity index (χ3v) is 3.36. The highest BCUT2D eigenvalue weighted by Gasteiger charge is 2.23. The smallest absolute Gasteiger partial charge is 0.129 e. The van der Waals surface area contributed by atoms with E-state index in [4.69, 9.17) is 21.1 Å². The molecular weight excluding hydrogens is 274 g/mol. The van der Waals surface area contributed by atoms with Crippen LogP contribution in [0.5, 0.6) is 5.75 Å². The lowest BCUT2D eigenvalue weighted by Gasteiger charge is -2.26. The van der Waals surface area contributed by atoms with Crippen LogP contribution in [0.2, 0.25) is 5.02 Å². The average Bonchev–Trinajstić information content (AvgIpc) is 2.50. The van der Waals surface area contributed by atoms with Crippen LogP contribution in [0.3, 0.4) is 0 Å². The van der Waals surface area contributed by atoms with E-state index >= 15 is 0 Å². The van der Waals surface area contributed by atoms with Crippen LogP contribution in [0.15, 0.2) is 48.8 Å². The van der Waals surface area contributed by atoms with Crippen molar-refractivity contribution in [2.24, 2.45) is 0 Å². The van der Waals surface area contributed by atoms with Crippen LogP contribution in [0.25, 0.3) is 0 Å². The first kappa shape index (κ1) is 14.8. The van der Waals surface area contributed by atoms with Crippen molar-refractivity contribution in [3.05, 3.63) is 59.4 Å². The second kappa shape index (κ2) is 7.27. The van der Waals surface area contributed by atoms with E-state index in [2.05, 4.69) is 11.9 Å². The molecule has 0 saturated heterocycles. The van der Waals surface area contributed by atoms with Crippen LogP contribution < -0.4 is 4.74 Å². The van der Waals surface area contributed by atoms with Crippen molar-refractivity contribution in [1.29, 1.82) is 0 Å². The standard InChI is InChI=1S/C16H18ClNO2/c1-3-15(20-14-8-6-13(17)7-9-14)16(19-2)12-5-4-10-18-11-12/h4-11,15-16H,3H2,1-2H3. The summed E-state index contributed by atoms with van der Waals surface area (Å²) < 4.78 is 11.6. The van der Waals surface area contributed by atoms with Gasteiger partial charge < -0.3 is 9.47 Å². The molecule has 0 aliphatic heterocycles. The third kappa shape index (κ3) is 3.71. The van der Waals surface area contributed by atoms with Crippen molar-refractivity contribution < 1.29 is 9.47 Å². The molecule has 4 heteroatoms. The Hall–Kier alpha value is -1.58. The molecule has 0 fully saturated rings. The lowest BCUT2D eigenvalue weighted by atomic mass is 10.0. The molecule has 20 heavy (non-hydrogen) atoms. The lowest BCUT2D eigenvalue weighted by molar-refractivity contribution is -0.00142. The van der Waals surface area contributed by atoms with E-state index in [1.165, 1.54) is 0 Å². The van der Waals surface area contributed by atoms with Crippen LogP contribution in [-0.4, -0.2) is 18.2 Å². The van der Waals surface area contributed by atoms with Crippen molar-refractivity contribution >= 4 is 11.6 Å². The van der Waals surface area contributed by atoms with Crippen molar-refractivity contribution in [2.75, 3.05) is 7.11 Å². The van der Waals surface area contributed by atoms with Crippen LogP contribution in [0.4, 0.5) is 0 Å². The molecule has 2 unspecified atom stereocenters. The van der Waals surface area contributed by atoms with Gasteiger partial charge in [-0.25, -0.2) is 0 Å². The Bertz CT molecular complexity index is 516. The van der Waals surface area contributed by atoms with Crippen molar-refractivity contribution in [1.82, 2.24) is 4.98 Å². The van der Waals surface area contributed by atoms with E-state index < -0.39 is 0 Å². The Morgan fingerprint density at radius 1 is 1.20 bits per heavy atom. The van der Waals surface area contributed by atoms with Crippen LogP contribution in [0, 0.1) is 0 Å². The minimum Gasteiger partial charge on any atom is -0.487 e. The maximum absolute atomic E-state index is 6.01. The Morgan fingerprint density at radius 2 is 1.95 bits per heavy atom. The zero-order chi connectivity index (χ0) is 14.4. The minimum absolute atomic E-state index is 0.0784. The number of ether oxygens (including phenoxy) is 2. The van der Waals surface area contributed by atoms with Crippen molar-refractivity contribution in [3.63, 3.8) is 0 Å². The fourth-order valence-corrected chi connectivity index (χ4v) is 2.22. The highest BCUT2D eigenvalue weighted by Crippen LogP contribution is 2.27. The Labute approximate surface area is 124 Å². The predicted octanol–water partition coefficient (Wildman–Crippen LogP) is 4.28.